The Kier molecular flexibility index (Phi) is 5.83. The zero-order valence-corrected chi connectivity index (χ0v) is 18.5. The highest BCUT2D eigenvalue weighted by Gasteiger charge is 2.32. The van der Waals surface area contributed by atoms with Crippen LogP contribution in [0.2, 0.25) is 0 Å². The minimum absolute atomic E-state index is 0.843. The Balaban J connectivity index is 2.27. The Morgan fingerprint density at radius 2 is 1.15 bits per heavy atom. The molecule has 0 saturated carbocycles. The van der Waals surface area contributed by atoms with Crippen LogP contribution >= 0.6 is 23.2 Å². The van der Waals surface area contributed by atoms with Crippen molar-refractivity contribution >= 4 is 40.0 Å². The van der Waals surface area contributed by atoms with E-state index in [1.807, 2.05) is 88.4 Å². The average molecular weight is 440 g/mol. The van der Waals surface area contributed by atoms with Crippen molar-refractivity contribution in [3.05, 3.63) is 93.0 Å². The summed E-state index contributed by atoms with van der Waals surface area (Å²) >= 11 is 3.45. The van der Waals surface area contributed by atoms with E-state index in [4.69, 9.17) is 4.76 Å². The summed E-state index contributed by atoms with van der Waals surface area (Å²) in [5.41, 5.74) is 4.96. The van der Waals surface area contributed by atoms with E-state index < -0.39 is 7.29 Å². The van der Waals surface area contributed by atoms with Gasteiger partial charge in [-0.25, -0.2) is 4.76 Å². The van der Waals surface area contributed by atoms with Gasteiger partial charge in [-0.05, 0) is 67.6 Å². The smallest absolute Gasteiger partial charge is 0.248 e. The van der Waals surface area contributed by atoms with E-state index >= 15 is 0 Å². The molecule has 0 aromatic heterocycles. The molecule has 4 heteroatoms. The van der Waals surface area contributed by atoms with Crippen molar-refractivity contribution < 1.29 is 4.57 Å². The van der Waals surface area contributed by atoms with Gasteiger partial charge in [0.2, 0.25) is 7.29 Å². The van der Waals surface area contributed by atoms with Gasteiger partial charge >= 0.3 is 0 Å². The summed E-state index contributed by atoms with van der Waals surface area (Å²) in [5, 5.41) is 1.69. The summed E-state index contributed by atoms with van der Waals surface area (Å²) < 4.78 is 20.3. The van der Waals surface area contributed by atoms with Gasteiger partial charge in [-0.3, -0.25) is 4.57 Å². The number of nitrogens with zero attached hydrogens (tertiary/aromatic N) is 1. The van der Waals surface area contributed by atoms with Crippen LogP contribution < -0.4 is 10.6 Å². The predicted octanol–water partition coefficient (Wildman–Crippen LogP) is 6.03. The van der Waals surface area contributed by atoms with Gasteiger partial charge in [0.15, 0.2) is 0 Å². The Morgan fingerprint density at radius 3 is 1.56 bits per heavy atom. The van der Waals surface area contributed by atoms with E-state index in [0.29, 0.717) is 0 Å². The van der Waals surface area contributed by atoms with Crippen molar-refractivity contribution in [1.29, 1.82) is 0 Å². The van der Waals surface area contributed by atoms with E-state index in [9.17, 15) is 4.57 Å². The quantitative estimate of drug-likeness (QED) is 0.360. The predicted molar refractivity (Wildman–Crippen MR) is 120 cm³/mol. The minimum Gasteiger partial charge on any atom is -0.288 e. The molecule has 0 heterocycles. The van der Waals surface area contributed by atoms with E-state index in [-0.39, 0.29) is 0 Å². The standard InChI is InChI=1S/C23H23BrNOP/c1-16-7-5-8-17(2)22(16)27(26,23-18(3)9-6-10-19(23)4)25-15-20-11-13-21(24)14-12-20/h5-15H,1-4H3/b25-15+. The summed E-state index contributed by atoms with van der Waals surface area (Å²) in [5.74, 6) is 0. The van der Waals surface area contributed by atoms with E-state index in [2.05, 4.69) is 15.9 Å². The third kappa shape index (κ3) is 4.00. The summed E-state index contributed by atoms with van der Waals surface area (Å²) in [4.78, 5) is 0. The molecule has 0 aliphatic carbocycles. The third-order valence-electron chi connectivity index (χ3n) is 4.72. The Bertz CT molecular complexity index is 958. The van der Waals surface area contributed by atoms with Crippen molar-refractivity contribution in [1.82, 2.24) is 0 Å². The summed E-state index contributed by atoms with van der Waals surface area (Å²) in [6.45, 7) is 8.05. The van der Waals surface area contributed by atoms with Crippen LogP contribution in [0.5, 0.6) is 0 Å². The van der Waals surface area contributed by atoms with Crippen molar-refractivity contribution in [3.63, 3.8) is 0 Å². The number of aryl methyl sites for hydroxylation is 4. The van der Waals surface area contributed by atoms with Gasteiger partial charge in [0, 0.05) is 21.3 Å². The Labute approximate surface area is 169 Å². The fraction of sp³-hybridized carbons (Fsp3) is 0.174. The van der Waals surface area contributed by atoms with Crippen LogP contribution in [0.15, 0.2) is 69.9 Å². The molecule has 0 unspecified atom stereocenters. The third-order valence-corrected chi connectivity index (χ3v) is 8.32. The first-order valence-corrected chi connectivity index (χ1v) is 11.3. The molecule has 0 saturated heterocycles. The second kappa shape index (κ2) is 7.96. The van der Waals surface area contributed by atoms with Crippen LogP contribution in [0, 0.1) is 27.7 Å². The van der Waals surface area contributed by atoms with E-state index in [1.54, 1.807) is 6.21 Å². The topological polar surface area (TPSA) is 29.4 Å². The maximum atomic E-state index is 14.5. The van der Waals surface area contributed by atoms with Gasteiger partial charge in [-0.15, -0.1) is 0 Å². The molecule has 0 aliphatic heterocycles. The van der Waals surface area contributed by atoms with Crippen molar-refractivity contribution in [2.45, 2.75) is 27.7 Å². The SMILES string of the molecule is Cc1cccc(C)c1P(=O)(/N=C/c1ccc(Br)cc1)c1c(C)cccc1C. The minimum atomic E-state index is -3.19. The fourth-order valence-corrected chi connectivity index (χ4v) is 6.72. The van der Waals surface area contributed by atoms with Gasteiger partial charge in [-0.1, -0.05) is 64.5 Å². The Morgan fingerprint density at radius 1 is 0.741 bits per heavy atom. The summed E-state index contributed by atoms with van der Waals surface area (Å²) in [7, 11) is -3.19. The molecule has 0 N–H and O–H groups in total. The lowest BCUT2D eigenvalue weighted by Gasteiger charge is -2.22. The molecular weight excluding hydrogens is 417 g/mol. The molecule has 0 amide bonds. The maximum absolute atomic E-state index is 14.5. The molecule has 27 heavy (non-hydrogen) atoms. The monoisotopic (exact) mass is 439 g/mol. The molecule has 0 fully saturated rings. The molecule has 0 radical (unpaired) electrons. The number of hydrogen-bond acceptors (Lipinski definition) is 1. The molecular formula is C23H23BrNOP. The van der Waals surface area contributed by atoms with Gasteiger partial charge < -0.3 is 0 Å². The fourth-order valence-electron chi connectivity index (χ4n) is 3.49. The van der Waals surface area contributed by atoms with Gasteiger partial charge in [0.25, 0.3) is 0 Å². The van der Waals surface area contributed by atoms with Crippen molar-refractivity contribution in [2.24, 2.45) is 4.76 Å². The zero-order valence-electron chi connectivity index (χ0n) is 16.0. The largest absolute Gasteiger partial charge is 0.288 e. The van der Waals surface area contributed by atoms with Crippen LogP contribution in [-0.4, -0.2) is 6.21 Å². The molecule has 138 valence electrons. The number of benzene rings is 3. The summed E-state index contributed by atoms with van der Waals surface area (Å²) in [6, 6.07) is 19.9. The normalized spacial score (nSPS) is 11.9. The molecule has 3 aromatic carbocycles. The summed E-state index contributed by atoms with van der Waals surface area (Å²) in [6.07, 6.45) is 1.74. The van der Waals surface area contributed by atoms with Gasteiger partial charge in [0.1, 0.15) is 0 Å². The van der Waals surface area contributed by atoms with Crippen LogP contribution in [0.3, 0.4) is 0 Å². The average Bonchev–Trinajstić information content (AvgIpc) is 2.61. The van der Waals surface area contributed by atoms with E-state index in [1.165, 1.54) is 0 Å². The molecule has 2 nitrogen and oxygen atoms in total. The number of rotatable bonds is 4. The second-order valence-electron chi connectivity index (χ2n) is 6.85. The highest BCUT2D eigenvalue weighted by atomic mass is 79.9. The van der Waals surface area contributed by atoms with Crippen LogP contribution in [0.25, 0.3) is 0 Å². The van der Waals surface area contributed by atoms with Crippen LogP contribution in [0.4, 0.5) is 0 Å². The molecule has 0 spiro atoms. The lowest BCUT2D eigenvalue weighted by molar-refractivity contribution is 0.588. The lowest BCUT2D eigenvalue weighted by Crippen LogP contribution is -2.23. The molecule has 3 aromatic rings. The molecule has 0 bridgehead atoms. The highest BCUT2D eigenvalue weighted by Crippen LogP contribution is 2.48. The van der Waals surface area contributed by atoms with E-state index in [0.717, 1.165) is 42.9 Å². The lowest BCUT2D eigenvalue weighted by atomic mass is 10.1. The molecule has 0 atom stereocenters. The van der Waals surface area contributed by atoms with Gasteiger partial charge in [-0.2, -0.15) is 0 Å². The van der Waals surface area contributed by atoms with Crippen molar-refractivity contribution in [3.8, 4) is 0 Å². The number of hydrogen-bond donors (Lipinski definition) is 0. The Hall–Kier alpha value is -1.96. The molecule has 0 aliphatic rings. The first-order chi connectivity index (χ1) is 12.8. The zero-order chi connectivity index (χ0) is 19.6. The molecule has 3 rings (SSSR count). The highest BCUT2D eigenvalue weighted by molar-refractivity contribution is 9.10. The van der Waals surface area contributed by atoms with Crippen molar-refractivity contribution in [2.75, 3.05) is 0 Å². The first-order valence-electron chi connectivity index (χ1n) is 8.88. The van der Waals surface area contributed by atoms with Crippen LogP contribution in [-0.2, 0) is 4.57 Å². The maximum Gasteiger partial charge on any atom is 0.248 e. The first kappa shape index (κ1) is 19.8. The van der Waals surface area contributed by atoms with Gasteiger partial charge in [0.05, 0.1) is 0 Å². The number of halogens is 1. The second-order valence-corrected chi connectivity index (χ2v) is 10.0. The van der Waals surface area contributed by atoms with Crippen LogP contribution in [0.1, 0.15) is 27.8 Å².